The van der Waals surface area contributed by atoms with Gasteiger partial charge in [-0.25, -0.2) is 0 Å². The molecule has 0 heteroatoms. The van der Waals surface area contributed by atoms with Crippen molar-refractivity contribution in [3.8, 4) is 0 Å². The first kappa shape index (κ1) is 2.56. The summed E-state index contributed by atoms with van der Waals surface area (Å²) in [6.45, 7) is 0.914. The second kappa shape index (κ2) is 1.53. The lowest BCUT2D eigenvalue weighted by atomic mass is 9.86. The Hall–Kier alpha value is 0. The number of rotatable bonds is 0. The van der Waals surface area contributed by atoms with Crippen LogP contribution in [0.1, 0.15) is 49.1 Å². The molecule has 0 aromatic heterocycles. The maximum atomic E-state index is 7.44. The average Bonchev–Trinajstić information content (AvgIpc) is 2.51. The second-order valence-electron chi connectivity index (χ2n) is 4.09. The Kier molecular flexibility index (Phi) is 0.436. The molecule has 0 radical (unpaired) electrons. The zero-order chi connectivity index (χ0) is 12.3. The SMILES string of the molecule is [2H]C([2H])([2H])C1(C([2H])([2H])[2H])CC1C(C)(C)C. The van der Waals surface area contributed by atoms with Gasteiger partial charge in [0.15, 0.2) is 0 Å². The lowest BCUT2D eigenvalue weighted by Crippen LogP contribution is -2.11. The van der Waals surface area contributed by atoms with E-state index in [2.05, 4.69) is 0 Å². The minimum absolute atomic E-state index is 0.245. The summed E-state index contributed by atoms with van der Waals surface area (Å²) in [5, 5.41) is 0. The first-order valence-electron chi connectivity index (χ1n) is 6.34. The monoisotopic (exact) mass is 132 g/mol. The van der Waals surface area contributed by atoms with E-state index in [-0.39, 0.29) is 17.8 Å². The summed E-state index contributed by atoms with van der Waals surface area (Å²) in [6.07, 6.45) is 0.281. The van der Waals surface area contributed by atoms with Crippen LogP contribution in [-0.4, -0.2) is 0 Å². The molecule has 0 amide bonds. The van der Waals surface area contributed by atoms with Crippen LogP contribution in [0.5, 0.6) is 0 Å². The summed E-state index contributed by atoms with van der Waals surface area (Å²) in [4.78, 5) is 0. The maximum absolute atomic E-state index is 7.44. The normalized spacial score (nSPS) is 45.0. The third kappa shape index (κ3) is 1.28. The molecule has 0 spiro atoms. The molecule has 0 heterocycles. The van der Waals surface area contributed by atoms with Crippen LogP contribution >= 0.6 is 0 Å². The average molecular weight is 132 g/mol. The zero-order valence-corrected chi connectivity index (χ0v) is 6.28. The van der Waals surface area contributed by atoms with E-state index in [0.29, 0.717) is 0 Å². The Labute approximate surface area is 67.1 Å². The summed E-state index contributed by atoms with van der Waals surface area (Å²) in [6, 6.07) is 0. The Morgan fingerprint density at radius 2 is 2.00 bits per heavy atom. The minimum Gasteiger partial charge on any atom is -0.0599 e. The predicted octanol–water partition coefficient (Wildman–Crippen LogP) is 3.08. The lowest BCUT2D eigenvalue weighted by Gasteiger charge is -2.19. The highest BCUT2D eigenvalue weighted by Crippen LogP contribution is 2.60. The van der Waals surface area contributed by atoms with Crippen LogP contribution in [0.25, 0.3) is 0 Å². The highest BCUT2D eigenvalue weighted by Gasteiger charge is 2.51. The van der Waals surface area contributed by atoms with Gasteiger partial charge < -0.3 is 0 Å². The Bertz CT molecular complexity index is 239. The third-order valence-corrected chi connectivity index (χ3v) is 2.01. The Morgan fingerprint density at radius 1 is 1.44 bits per heavy atom. The topological polar surface area (TPSA) is 0 Å². The van der Waals surface area contributed by atoms with Crippen molar-refractivity contribution in [3.05, 3.63) is 0 Å². The Balaban J connectivity index is 3.08. The van der Waals surface area contributed by atoms with Crippen molar-refractivity contribution < 1.29 is 8.22 Å². The molecule has 1 unspecified atom stereocenters. The van der Waals surface area contributed by atoms with Crippen LogP contribution in [0.2, 0.25) is 0 Å². The van der Waals surface area contributed by atoms with Gasteiger partial charge in [0.1, 0.15) is 0 Å². The molecule has 0 aromatic carbocycles. The van der Waals surface area contributed by atoms with Crippen molar-refractivity contribution in [2.24, 2.45) is 16.7 Å². The van der Waals surface area contributed by atoms with Gasteiger partial charge in [0, 0.05) is 8.22 Å². The van der Waals surface area contributed by atoms with Gasteiger partial charge >= 0.3 is 0 Å². The first-order valence-corrected chi connectivity index (χ1v) is 3.34. The van der Waals surface area contributed by atoms with Crippen LogP contribution in [-0.2, 0) is 0 Å². The maximum Gasteiger partial charge on any atom is 0.0236 e. The predicted molar refractivity (Wildman–Crippen MR) is 41.3 cm³/mol. The first-order chi connectivity index (χ1) is 6.34. The molecule has 0 N–H and O–H groups in total. The molecular formula is C9H18. The van der Waals surface area contributed by atoms with Gasteiger partial charge in [-0.3, -0.25) is 0 Å². The van der Waals surface area contributed by atoms with E-state index in [1.54, 1.807) is 0 Å². The molecule has 0 bridgehead atoms. The van der Waals surface area contributed by atoms with Crippen molar-refractivity contribution >= 4 is 0 Å². The molecule has 0 aromatic rings. The zero-order valence-electron chi connectivity index (χ0n) is 12.3. The quantitative estimate of drug-likeness (QED) is 0.475. The van der Waals surface area contributed by atoms with Crippen molar-refractivity contribution in [1.29, 1.82) is 0 Å². The van der Waals surface area contributed by atoms with E-state index in [4.69, 9.17) is 8.22 Å². The Morgan fingerprint density at radius 3 is 2.11 bits per heavy atom. The van der Waals surface area contributed by atoms with Crippen LogP contribution < -0.4 is 0 Å². The summed E-state index contributed by atoms with van der Waals surface area (Å²) >= 11 is 0. The van der Waals surface area contributed by atoms with E-state index in [0.717, 1.165) is 0 Å². The lowest BCUT2D eigenvalue weighted by molar-refractivity contribution is 0.301. The highest BCUT2D eigenvalue weighted by molar-refractivity contribution is 5.00. The van der Waals surface area contributed by atoms with E-state index >= 15 is 0 Å². The third-order valence-electron chi connectivity index (χ3n) is 2.01. The van der Waals surface area contributed by atoms with E-state index in [1.807, 2.05) is 20.8 Å². The van der Waals surface area contributed by atoms with Crippen molar-refractivity contribution in [1.82, 2.24) is 0 Å². The molecule has 1 aliphatic carbocycles. The van der Waals surface area contributed by atoms with Crippen LogP contribution in [0.3, 0.4) is 0 Å². The molecule has 1 aliphatic rings. The van der Waals surface area contributed by atoms with Crippen molar-refractivity contribution in [3.63, 3.8) is 0 Å². The van der Waals surface area contributed by atoms with Crippen molar-refractivity contribution in [2.45, 2.75) is 40.9 Å². The highest BCUT2D eigenvalue weighted by atomic mass is 14.6. The van der Waals surface area contributed by atoms with E-state index in [9.17, 15) is 0 Å². The molecule has 1 fully saturated rings. The summed E-state index contributed by atoms with van der Waals surface area (Å²) in [5.74, 6) is -0.245. The molecule has 0 saturated heterocycles. The standard InChI is InChI=1S/C9H18/c1-8(2,3)7-6-9(7,4)5/h7H,6H2,1-5H3/i4D3,5D3. The smallest absolute Gasteiger partial charge is 0.0236 e. The summed E-state index contributed by atoms with van der Waals surface area (Å²) < 4.78 is 44.6. The second-order valence-corrected chi connectivity index (χ2v) is 4.09. The van der Waals surface area contributed by atoms with Crippen molar-refractivity contribution in [2.75, 3.05) is 0 Å². The van der Waals surface area contributed by atoms with Gasteiger partial charge in [0.25, 0.3) is 0 Å². The van der Waals surface area contributed by atoms with Gasteiger partial charge in [-0.1, -0.05) is 34.5 Å². The molecule has 9 heavy (non-hydrogen) atoms. The molecule has 1 atom stereocenters. The molecular weight excluding hydrogens is 108 g/mol. The van der Waals surface area contributed by atoms with Gasteiger partial charge in [0.2, 0.25) is 0 Å². The van der Waals surface area contributed by atoms with Gasteiger partial charge in [-0.15, -0.1) is 0 Å². The van der Waals surface area contributed by atoms with Gasteiger partial charge in [-0.2, -0.15) is 0 Å². The molecule has 0 aliphatic heterocycles. The largest absolute Gasteiger partial charge is 0.0599 e. The fourth-order valence-corrected chi connectivity index (χ4v) is 1.31. The summed E-state index contributed by atoms with van der Waals surface area (Å²) in [5.41, 5.74) is -1.74. The molecule has 0 nitrogen and oxygen atoms in total. The minimum atomic E-state index is -2.39. The van der Waals surface area contributed by atoms with Gasteiger partial charge in [0.05, 0.1) is 0 Å². The number of hydrogen-bond acceptors (Lipinski definition) is 0. The van der Waals surface area contributed by atoms with E-state index in [1.165, 1.54) is 0 Å². The fourth-order valence-electron chi connectivity index (χ4n) is 1.31. The summed E-state index contributed by atoms with van der Waals surface area (Å²) in [7, 11) is 0. The molecule has 1 rings (SSSR count). The van der Waals surface area contributed by atoms with E-state index < -0.39 is 19.1 Å². The molecule has 54 valence electrons. The van der Waals surface area contributed by atoms with Crippen LogP contribution in [0.4, 0.5) is 0 Å². The number of hydrogen-bond donors (Lipinski definition) is 0. The van der Waals surface area contributed by atoms with Gasteiger partial charge in [-0.05, 0) is 23.2 Å². The van der Waals surface area contributed by atoms with Crippen LogP contribution in [0.15, 0.2) is 0 Å². The molecule has 1 saturated carbocycles. The van der Waals surface area contributed by atoms with Crippen LogP contribution in [0, 0.1) is 16.7 Å². The fraction of sp³-hybridized carbons (Fsp3) is 1.00.